The Labute approximate surface area is 146 Å². The molecule has 0 aromatic heterocycles. The van der Waals surface area contributed by atoms with E-state index in [1.54, 1.807) is 13.3 Å². The summed E-state index contributed by atoms with van der Waals surface area (Å²) < 4.78 is 5.49. The zero-order chi connectivity index (χ0) is 16.8. The molecule has 128 valence electrons. The van der Waals surface area contributed by atoms with Crippen molar-refractivity contribution in [2.24, 2.45) is 10.2 Å². The van der Waals surface area contributed by atoms with Crippen LogP contribution in [0.15, 0.2) is 28.4 Å². The average molecular weight is 346 g/mol. The topological polar surface area (TPSA) is 66.3 Å². The lowest BCUT2D eigenvalue weighted by atomic mass is 10.1. The van der Waals surface area contributed by atoms with Crippen LogP contribution in [0.1, 0.15) is 30.4 Å². The largest absolute Gasteiger partial charge is 0.496 e. The van der Waals surface area contributed by atoms with E-state index < -0.39 is 0 Å². The lowest BCUT2D eigenvalue weighted by molar-refractivity contribution is -0.116. The Bertz CT molecular complexity index is 654. The predicted octanol–water partition coefficient (Wildman–Crippen LogP) is 2.23. The first-order valence-electron chi connectivity index (χ1n) is 8.17. The average Bonchev–Trinajstić information content (AvgIpc) is 3.01. The zero-order valence-corrected chi connectivity index (χ0v) is 14.6. The highest BCUT2D eigenvalue weighted by molar-refractivity contribution is 8.15. The molecule has 2 aliphatic heterocycles. The highest BCUT2D eigenvalue weighted by Gasteiger charge is 2.16. The van der Waals surface area contributed by atoms with E-state index in [2.05, 4.69) is 26.5 Å². The van der Waals surface area contributed by atoms with E-state index in [1.807, 2.05) is 12.1 Å². The van der Waals surface area contributed by atoms with Crippen molar-refractivity contribution in [2.45, 2.75) is 25.8 Å². The van der Waals surface area contributed by atoms with Crippen LogP contribution in [-0.2, 0) is 11.3 Å². The van der Waals surface area contributed by atoms with Gasteiger partial charge in [-0.05, 0) is 49.7 Å². The molecule has 0 bridgehead atoms. The first kappa shape index (κ1) is 17.0. The molecule has 2 heterocycles. The van der Waals surface area contributed by atoms with Crippen molar-refractivity contribution >= 4 is 29.1 Å². The van der Waals surface area contributed by atoms with Gasteiger partial charge in [0.25, 0.3) is 0 Å². The van der Waals surface area contributed by atoms with Crippen LogP contribution in [0.25, 0.3) is 0 Å². The minimum atomic E-state index is -0.0257. The standard InChI is InChI=1S/C17H22N4O2S/c1-23-15-6-5-13(10-18-20-17-19-16(22)12-24-17)9-14(15)11-21-7-3-2-4-8-21/h5-6,9-10H,2-4,7-8,11-12H2,1H3,(H,19,20,22). The second-order valence-corrected chi connectivity index (χ2v) is 6.86. The summed E-state index contributed by atoms with van der Waals surface area (Å²) in [6.45, 7) is 3.18. The van der Waals surface area contributed by atoms with E-state index in [0.29, 0.717) is 10.9 Å². The molecule has 6 nitrogen and oxygen atoms in total. The van der Waals surface area contributed by atoms with E-state index >= 15 is 0 Å². The van der Waals surface area contributed by atoms with Gasteiger partial charge in [0, 0.05) is 12.1 Å². The third kappa shape index (κ3) is 4.58. The van der Waals surface area contributed by atoms with E-state index in [4.69, 9.17) is 4.74 Å². The summed E-state index contributed by atoms with van der Waals surface area (Å²) in [6.07, 6.45) is 5.57. The van der Waals surface area contributed by atoms with Crippen LogP contribution in [0.4, 0.5) is 0 Å². The summed E-state index contributed by atoms with van der Waals surface area (Å²) in [7, 11) is 1.70. The lowest BCUT2D eigenvalue weighted by Gasteiger charge is -2.27. The summed E-state index contributed by atoms with van der Waals surface area (Å²) in [5.41, 5.74) is 2.14. The van der Waals surface area contributed by atoms with Crippen molar-refractivity contribution in [1.82, 2.24) is 10.2 Å². The number of piperidine rings is 1. The van der Waals surface area contributed by atoms with Crippen molar-refractivity contribution in [3.8, 4) is 5.75 Å². The number of hydrogen-bond donors (Lipinski definition) is 1. The molecule has 2 aliphatic rings. The molecule has 3 rings (SSSR count). The predicted molar refractivity (Wildman–Crippen MR) is 97.8 cm³/mol. The Morgan fingerprint density at radius 1 is 1.33 bits per heavy atom. The number of amidine groups is 1. The Balaban J connectivity index is 1.69. The van der Waals surface area contributed by atoms with E-state index in [-0.39, 0.29) is 5.91 Å². The Morgan fingerprint density at radius 2 is 2.17 bits per heavy atom. The zero-order valence-electron chi connectivity index (χ0n) is 13.8. The summed E-state index contributed by atoms with van der Waals surface area (Å²) in [6, 6.07) is 6.03. The molecule has 0 spiro atoms. The number of nitrogens with zero attached hydrogens (tertiary/aromatic N) is 3. The van der Waals surface area contributed by atoms with Crippen LogP contribution >= 0.6 is 11.8 Å². The number of likely N-dealkylation sites (tertiary alicyclic amines) is 1. The molecule has 7 heteroatoms. The first-order chi connectivity index (χ1) is 11.7. The molecular weight excluding hydrogens is 324 g/mol. The lowest BCUT2D eigenvalue weighted by Crippen LogP contribution is -2.29. The summed E-state index contributed by atoms with van der Waals surface area (Å²) in [5.74, 6) is 1.29. The number of benzene rings is 1. The van der Waals surface area contributed by atoms with Gasteiger partial charge >= 0.3 is 0 Å². The maximum Gasteiger partial charge on any atom is 0.236 e. The second-order valence-electron chi connectivity index (χ2n) is 5.89. The highest BCUT2D eigenvalue weighted by atomic mass is 32.2. The molecular formula is C17H22N4O2S. The third-order valence-corrected chi connectivity index (χ3v) is 4.95. The normalized spacial score (nSPS) is 20.7. The van der Waals surface area contributed by atoms with Gasteiger partial charge in [-0.1, -0.05) is 18.2 Å². The van der Waals surface area contributed by atoms with E-state index in [1.165, 1.54) is 36.6 Å². The summed E-state index contributed by atoms with van der Waals surface area (Å²) >= 11 is 1.37. The van der Waals surface area contributed by atoms with Gasteiger partial charge in [0.2, 0.25) is 5.91 Å². The monoisotopic (exact) mass is 346 g/mol. The molecule has 0 radical (unpaired) electrons. The molecule has 2 saturated heterocycles. The fourth-order valence-corrected chi connectivity index (χ4v) is 3.52. The number of carbonyl (C=O) groups excluding carboxylic acids is 1. The van der Waals surface area contributed by atoms with Crippen LogP contribution in [0.5, 0.6) is 5.75 Å². The fraction of sp³-hybridized carbons (Fsp3) is 0.471. The molecule has 2 fully saturated rings. The SMILES string of the molecule is COc1ccc(C=NN=C2NC(=O)CS2)cc1CN1CCCCC1. The fourth-order valence-electron chi connectivity index (χ4n) is 2.89. The Hall–Kier alpha value is -1.86. The molecule has 0 saturated carbocycles. The summed E-state index contributed by atoms with van der Waals surface area (Å²) in [5, 5.41) is 11.3. The molecule has 1 N–H and O–H groups in total. The first-order valence-corrected chi connectivity index (χ1v) is 9.16. The number of rotatable bonds is 5. The minimum absolute atomic E-state index is 0.0257. The van der Waals surface area contributed by atoms with Gasteiger partial charge in [-0.3, -0.25) is 9.69 Å². The van der Waals surface area contributed by atoms with Crippen LogP contribution in [0.3, 0.4) is 0 Å². The molecule has 0 atom stereocenters. The molecule has 1 aromatic rings. The number of nitrogens with one attached hydrogen (secondary N) is 1. The van der Waals surface area contributed by atoms with Gasteiger partial charge in [-0.2, -0.15) is 5.10 Å². The van der Waals surface area contributed by atoms with Gasteiger partial charge < -0.3 is 10.1 Å². The maximum absolute atomic E-state index is 11.1. The van der Waals surface area contributed by atoms with Crippen LogP contribution in [-0.4, -0.2) is 48.1 Å². The number of amides is 1. The molecule has 0 aliphatic carbocycles. The molecule has 1 amide bonds. The van der Waals surface area contributed by atoms with E-state index in [9.17, 15) is 4.79 Å². The van der Waals surface area contributed by atoms with Gasteiger partial charge in [0.1, 0.15) is 5.75 Å². The van der Waals surface area contributed by atoms with Gasteiger partial charge in [0.15, 0.2) is 5.17 Å². The van der Waals surface area contributed by atoms with Crippen molar-refractivity contribution in [1.29, 1.82) is 0 Å². The summed E-state index contributed by atoms with van der Waals surface area (Å²) in [4.78, 5) is 13.6. The van der Waals surface area contributed by atoms with Crippen LogP contribution in [0.2, 0.25) is 0 Å². The molecule has 0 unspecified atom stereocenters. The van der Waals surface area contributed by atoms with E-state index in [0.717, 1.165) is 30.9 Å². The van der Waals surface area contributed by atoms with Crippen molar-refractivity contribution < 1.29 is 9.53 Å². The molecule has 24 heavy (non-hydrogen) atoms. The number of thioether (sulfide) groups is 1. The van der Waals surface area contributed by atoms with Gasteiger partial charge in [0.05, 0.1) is 19.1 Å². The molecule has 1 aromatic carbocycles. The van der Waals surface area contributed by atoms with Crippen molar-refractivity contribution in [2.75, 3.05) is 26.0 Å². The van der Waals surface area contributed by atoms with Crippen LogP contribution in [0, 0.1) is 0 Å². The third-order valence-electron chi connectivity index (χ3n) is 4.09. The van der Waals surface area contributed by atoms with Crippen molar-refractivity contribution in [3.63, 3.8) is 0 Å². The van der Waals surface area contributed by atoms with Gasteiger partial charge in [-0.15, -0.1) is 5.10 Å². The smallest absolute Gasteiger partial charge is 0.236 e. The maximum atomic E-state index is 11.1. The Kier molecular flexibility index (Phi) is 5.87. The van der Waals surface area contributed by atoms with Crippen LogP contribution < -0.4 is 10.1 Å². The second kappa shape index (κ2) is 8.30. The number of methoxy groups -OCH3 is 1. The number of carbonyl (C=O) groups is 1. The van der Waals surface area contributed by atoms with Crippen molar-refractivity contribution in [3.05, 3.63) is 29.3 Å². The number of ether oxygens (including phenoxy) is 1. The van der Waals surface area contributed by atoms with Gasteiger partial charge in [-0.25, -0.2) is 0 Å². The Morgan fingerprint density at radius 3 is 2.88 bits per heavy atom. The highest BCUT2D eigenvalue weighted by Crippen LogP contribution is 2.23. The minimum Gasteiger partial charge on any atom is -0.496 e. The number of hydrogen-bond acceptors (Lipinski definition) is 6. The quantitative estimate of drug-likeness (QED) is 0.656.